The second kappa shape index (κ2) is 15.0. The Bertz CT molecular complexity index is 1110. The first-order valence-corrected chi connectivity index (χ1v) is 12.9. The van der Waals surface area contributed by atoms with Crippen LogP contribution in [0.25, 0.3) is 11.0 Å². The van der Waals surface area contributed by atoms with E-state index >= 15 is 0 Å². The van der Waals surface area contributed by atoms with Gasteiger partial charge in [-0.25, -0.2) is 9.97 Å². The van der Waals surface area contributed by atoms with Crippen LogP contribution < -0.4 is 0 Å². The van der Waals surface area contributed by atoms with Gasteiger partial charge in [-0.3, -0.25) is 9.35 Å². The van der Waals surface area contributed by atoms with E-state index in [1.807, 2.05) is 18.2 Å². The number of carboxylic acids is 1. The van der Waals surface area contributed by atoms with Crippen LogP contribution in [-0.4, -0.2) is 44.0 Å². The summed E-state index contributed by atoms with van der Waals surface area (Å²) >= 11 is 0. The molecule has 2 aromatic heterocycles. The molecule has 0 aliphatic heterocycles. The van der Waals surface area contributed by atoms with Gasteiger partial charge in [0.15, 0.2) is 0 Å². The highest BCUT2D eigenvalue weighted by atomic mass is 32.2. The smallest absolute Gasteiger partial charge is 0.328 e. The molecule has 1 unspecified atom stereocenters. The lowest BCUT2D eigenvalue weighted by Gasteiger charge is -2.14. The van der Waals surface area contributed by atoms with Crippen molar-refractivity contribution in [1.82, 2.24) is 19.9 Å². The second-order valence-corrected chi connectivity index (χ2v) is 9.06. The molecule has 0 saturated heterocycles. The van der Waals surface area contributed by atoms with Gasteiger partial charge in [0.2, 0.25) is 0 Å². The predicted molar refractivity (Wildman–Crippen MR) is 133 cm³/mol. The summed E-state index contributed by atoms with van der Waals surface area (Å²) < 4.78 is 31.5. The summed E-state index contributed by atoms with van der Waals surface area (Å²) in [5.74, 6) is 0.804. The minimum Gasteiger partial charge on any atom is -0.481 e. The Balaban J connectivity index is 0.000000363. The van der Waals surface area contributed by atoms with Crippen LogP contribution in [0.15, 0.2) is 48.4 Å². The van der Waals surface area contributed by atoms with E-state index in [4.69, 9.17) is 9.66 Å². The number of nitrogens with zero attached hydrogens (tertiary/aromatic N) is 2. The number of nitrogens with one attached hydrogen (secondary N) is 2. The number of aromatic nitrogens is 4. The van der Waals surface area contributed by atoms with Crippen molar-refractivity contribution in [2.75, 3.05) is 0 Å². The first-order chi connectivity index (χ1) is 16.2. The molecule has 10 heteroatoms. The van der Waals surface area contributed by atoms with E-state index in [1.54, 1.807) is 25.4 Å². The Morgan fingerprint density at radius 3 is 2.47 bits per heavy atom. The van der Waals surface area contributed by atoms with Crippen LogP contribution in [0.2, 0.25) is 0 Å². The van der Waals surface area contributed by atoms with Crippen molar-refractivity contribution >= 4 is 27.1 Å². The molecule has 0 amide bonds. The number of allylic oxidation sites excluding steroid dienone is 1. The van der Waals surface area contributed by atoms with E-state index in [1.165, 1.54) is 19.3 Å². The SMILES string of the molecule is C=CCc1ncc[nH]1.CCC(=O)O.CCCCC(CC)Cc1cccc2nc(S(=O)(=O)O)[nH]c12. The fourth-order valence-corrected chi connectivity index (χ4v) is 3.61. The minimum atomic E-state index is -4.30. The molecule has 0 saturated carbocycles. The third-order valence-corrected chi connectivity index (χ3v) is 5.76. The van der Waals surface area contributed by atoms with Crippen LogP contribution in [0.5, 0.6) is 0 Å². The molecule has 0 aliphatic carbocycles. The van der Waals surface area contributed by atoms with Gasteiger partial charge in [-0.2, -0.15) is 8.42 Å². The van der Waals surface area contributed by atoms with Crippen molar-refractivity contribution in [3.8, 4) is 0 Å². The third-order valence-electron chi connectivity index (χ3n) is 5.07. The van der Waals surface area contributed by atoms with Crippen LogP contribution in [0, 0.1) is 5.92 Å². The summed E-state index contributed by atoms with van der Waals surface area (Å²) in [5, 5.41) is 7.34. The topological polar surface area (TPSA) is 149 Å². The maximum Gasteiger partial charge on any atom is 0.328 e. The van der Waals surface area contributed by atoms with Crippen molar-refractivity contribution in [2.24, 2.45) is 5.92 Å². The lowest BCUT2D eigenvalue weighted by Crippen LogP contribution is -2.04. The number of unbranched alkanes of at least 4 members (excludes halogenated alkanes) is 1. The molecule has 0 aliphatic rings. The van der Waals surface area contributed by atoms with Crippen molar-refractivity contribution < 1.29 is 22.9 Å². The molecule has 9 nitrogen and oxygen atoms in total. The van der Waals surface area contributed by atoms with Crippen LogP contribution in [0.4, 0.5) is 0 Å². The Kier molecular flexibility index (Phi) is 12.8. The highest BCUT2D eigenvalue weighted by Gasteiger charge is 2.17. The molecule has 34 heavy (non-hydrogen) atoms. The summed E-state index contributed by atoms with van der Waals surface area (Å²) in [7, 11) is -4.30. The molecule has 1 aromatic carbocycles. The molecular formula is C24H36N4O5S. The van der Waals surface area contributed by atoms with Crippen molar-refractivity contribution in [3.63, 3.8) is 0 Å². The number of carboxylic acid groups (broad SMARTS) is 1. The van der Waals surface area contributed by atoms with E-state index < -0.39 is 16.1 Å². The highest BCUT2D eigenvalue weighted by Crippen LogP contribution is 2.24. The average molecular weight is 493 g/mol. The number of H-pyrrole nitrogens is 2. The minimum absolute atomic E-state index is 0.222. The van der Waals surface area contributed by atoms with Gasteiger partial charge in [0, 0.05) is 25.2 Å². The molecule has 0 radical (unpaired) electrons. The average Bonchev–Trinajstić information content (AvgIpc) is 3.48. The lowest BCUT2D eigenvalue weighted by molar-refractivity contribution is -0.136. The number of benzene rings is 1. The Labute approximate surface area is 201 Å². The van der Waals surface area contributed by atoms with Crippen LogP contribution in [-0.2, 0) is 27.8 Å². The number of imidazole rings is 2. The van der Waals surface area contributed by atoms with Gasteiger partial charge in [-0.1, -0.05) is 64.7 Å². The number of rotatable bonds is 10. The molecule has 4 N–H and O–H groups in total. The number of hydrogen-bond donors (Lipinski definition) is 4. The fourth-order valence-electron chi connectivity index (χ4n) is 3.16. The number of aromatic amines is 2. The van der Waals surface area contributed by atoms with Crippen molar-refractivity contribution in [2.45, 2.75) is 70.9 Å². The predicted octanol–water partition coefficient (Wildman–Crippen LogP) is 5.19. The van der Waals surface area contributed by atoms with E-state index in [2.05, 4.69) is 40.4 Å². The molecule has 1 atom stereocenters. The Hall–Kier alpha value is -2.98. The van der Waals surface area contributed by atoms with Crippen LogP contribution in [0.3, 0.4) is 0 Å². The number of para-hydroxylation sites is 1. The monoisotopic (exact) mass is 492 g/mol. The number of carbonyl (C=O) groups is 1. The van der Waals surface area contributed by atoms with Gasteiger partial charge in [-0.05, 0) is 24.0 Å². The molecule has 0 bridgehead atoms. The number of aliphatic carboxylic acids is 1. The summed E-state index contributed by atoms with van der Waals surface area (Å²) in [6.45, 7) is 9.53. The lowest BCUT2D eigenvalue weighted by atomic mass is 9.91. The standard InChI is InChI=1S/C15H22N2O3S.C6H8N2.C3H6O2/c1-3-5-7-11(4-2)10-12-8-6-9-13-14(12)17-15(16-13)21(18,19)20;1-2-3-6-7-4-5-8-6;1-2-3(4)5/h6,8-9,11H,3-5,7,10H2,1-2H3,(H,16,17)(H,18,19,20);2,4-5H,1,3H2,(H,7,8);2H2,1H3,(H,4,5). The first-order valence-electron chi connectivity index (χ1n) is 11.4. The normalized spacial score (nSPS) is 11.6. The second-order valence-electron chi connectivity index (χ2n) is 7.72. The van der Waals surface area contributed by atoms with Crippen molar-refractivity contribution in [3.05, 3.63) is 54.6 Å². The molecule has 0 spiro atoms. The quantitative estimate of drug-likeness (QED) is 0.225. The molecule has 3 rings (SSSR count). The largest absolute Gasteiger partial charge is 0.481 e. The maximum absolute atomic E-state index is 11.2. The summed E-state index contributed by atoms with van der Waals surface area (Å²) in [5.41, 5.74) is 2.34. The molecule has 3 aromatic rings. The van der Waals surface area contributed by atoms with E-state index in [9.17, 15) is 13.2 Å². The summed E-state index contributed by atoms with van der Waals surface area (Å²) in [6, 6.07) is 5.61. The molecule has 188 valence electrons. The molecule has 0 fully saturated rings. The number of fused-ring (bicyclic) bond motifs is 1. The molecule has 2 heterocycles. The van der Waals surface area contributed by atoms with E-state index in [0.717, 1.165) is 30.7 Å². The van der Waals surface area contributed by atoms with Crippen molar-refractivity contribution in [1.29, 1.82) is 0 Å². The molecular weight excluding hydrogens is 456 g/mol. The fraction of sp³-hybridized carbons (Fsp3) is 0.458. The Morgan fingerprint density at radius 1 is 1.26 bits per heavy atom. The van der Waals surface area contributed by atoms with Gasteiger partial charge in [-0.15, -0.1) is 6.58 Å². The van der Waals surface area contributed by atoms with Gasteiger partial charge in [0.25, 0.3) is 5.16 Å². The van der Waals surface area contributed by atoms with Gasteiger partial charge < -0.3 is 15.1 Å². The Morgan fingerprint density at radius 2 is 1.97 bits per heavy atom. The maximum atomic E-state index is 11.2. The zero-order chi connectivity index (χ0) is 25.6. The van der Waals surface area contributed by atoms with Crippen LogP contribution >= 0.6 is 0 Å². The summed E-state index contributed by atoms with van der Waals surface area (Å²) in [6.07, 6.45) is 11.9. The van der Waals surface area contributed by atoms with Gasteiger partial charge in [0.1, 0.15) is 5.82 Å². The zero-order valence-electron chi connectivity index (χ0n) is 20.1. The number of hydrogen-bond acceptors (Lipinski definition) is 5. The van der Waals surface area contributed by atoms with Gasteiger partial charge >= 0.3 is 16.1 Å². The third kappa shape index (κ3) is 10.3. The van der Waals surface area contributed by atoms with Gasteiger partial charge in [0.05, 0.1) is 11.0 Å². The highest BCUT2D eigenvalue weighted by molar-refractivity contribution is 7.85. The zero-order valence-corrected chi connectivity index (χ0v) is 20.9. The van der Waals surface area contributed by atoms with E-state index in [-0.39, 0.29) is 11.6 Å². The van der Waals surface area contributed by atoms with E-state index in [0.29, 0.717) is 17.0 Å². The first kappa shape index (κ1) is 29.1. The summed E-state index contributed by atoms with van der Waals surface area (Å²) in [4.78, 5) is 23.0. The van der Waals surface area contributed by atoms with Crippen LogP contribution in [0.1, 0.15) is 64.3 Å².